The Morgan fingerprint density at radius 2 is 1.36 bits per heavy atom. The maximum atomic E-state index is 12.7. The molecule has 8 heteroatoms. The maximum absolute atomic E-state index is 12.7. The van der Waals surface area contributed by atoms with E-state index in [1.807, 2.05) is 0 Å². The van der Waals surface area contributed by atoms with E-state index in [0.29, 0.717) is 23.7 Å². The Labute approximate surface area is 254 Å². The molecule has 9 atom stereocenters. The van der Waals surface area contributed by atoms with Crippen LogP contribution in [0.25, 0.3) is 0 Å². The monoisotopic (exact) mass is 588 g/mol. The molecule has 2 aliphatic heterocycles. The third kappa shape index (κ3) is 5.04. The number of carbonyl (C=O) groups is 2. The molecule has 4 unspecified atom stereocenters. The first-order valence-corrected chi connectivity index (χ1v) is 17.1. The molecule has 4 aliphatic carbocycles. The highest BCUT2D eigenvalue weighted by molar-refractivity contribution is 5.66. The second-order valence-electron chi connectivity index (χ2n) is 16.4. The fraction of sp³-hybridized carbons (Fsp3) is 0.941. The van der Waals surface area contributed by atoms with E-state index in [-0.39, 0.29) is 46.7 Å². The first-order valence-electron chi connectivity index (χ1n) is 17.1. The molecule has 42 heavy (non-hydrogen) atoms. The van der Waals surface area contributed by atoms with Crippen molar-refractivity contribution in [1.29, 1.82) is 0 Å². The fourth-order valence-corrected chi connectivity index (χ4v) is 11.5. The Balaban J connectivity index is 1.37. The zero-order valence-corrected chi connectivity index (χ0v) is 27.3. The molecule has 0 amide bonds. The highest BCUT2D eigenvalue weighted by Crippen LogP contribution is 2.68. The third-order valence-corrected chi connectivity index (χ3v) is 13.8. The normalized spacial score (nSPS) is 46.3. The minimum Gasteiger partial charge on any atom is -0.462 e. The van der Waals surface area contributed by atoms with Crippen LogP contribution in [0.3, 0.4) is 0 Å². The number of aliphatic hydroxyl groups is 1. The number of ether oxygens (including phenoxy) is 2. The number of aliphatic hydroxyl groups excluding tert-OH is 1. The number of rotatable bonds is 4. The number of nitrogens with zero attached hydrogens (tertiary/aromatic N) is 3. The van der Waals surface area contributed by atoms with Gasteiger partial charge >= 0.3 is 11.9 Å². The number of esters is 2. The molecular weight excluding hydrogens is 530 g/mol. The van der Waals surface area contributed by atoms with E-state index in [0.717, 1.165) is 82.3 Å². The number of fused-ring (bicyclic) bond motifs is 5. The Kier molecular flexibility index (Phi) is 8.06. The standard InChI is InChI=1S/C34H58N3O5/c1-23(38)41-30-10-9-28-27-8-7-25-21-31(42-24(2)39)34(35-15-12-26(40)13-16-35,36-17-19-37(5,6)20-18-36)22-33(25,4)29(27)11-14-32(28,30)3/h25-31,40H,7-22H2,1-6H3/q+1/t25?,27-,28-,29+,30?,31?,32-,33-,34?/m0/s1. The van der Waals surface area contributed by atoms with Gasteiger partial charge in [-0.3, -0.25) is 19.4 Å². The number of hydrogen-bond acceptors (Lipinski definition) is 7. The quantitative estimate of drug-likeness (QED) is 0.392. The average Bonchev–Trinajstić information content (AvgIpc) is 3.24. The van der Waals surface area contributed by atoms with Crippen molar-refractivity contribution in [3.63, 3.8) is 0 Å². The summed E-state index contributed by atoms with van der Waals surface area (Å²) in [4.78, 5) is 30.1. The summed E-state index contributed by atoms with van der Waals surface area (Å²) in [5.41, 5.74) is -0.101. The van der Waals surface area contributed by atoms with Crippen molar-refractivity contribution >= 4 is 11.9 Å². The van der Waals surface area contributed by atoms with Gasteiger partial charge in [0.25, 0.3) is 0 Å². The van der Waals surface area contributed by atoms with Gasteiger partial charge in [-0.05, 0) is 93.3 Å². The van der Waals surface area contributed by atoms with Gasteiger partial charge < -0.3 is 19.1 Å². The number of piperidine rings is 1. The van der Waals surface area contributed by atoms with Crippen LogP contribution in [0, 0.1) is 34.5 Å². The van der Waals surface area contributed by atoms with Gasteiger partial charge in [-0.2, -0.15) is 0 Å². The lowest BCUT2D eigenvalue weighted by Crippen LogP contribution is -2.76. The summed E-state index contributed by atoms with van der Waals surface area (Å²) in [6.45, 7) is 14.1. The highest BCUT2D eigenvalue weighted by Gasteiger charge is 2.67. The Morgan fingerprint density at radius 1 is 0.762 bits per heavy atom. The summed E-state index contributed by atoms with van der Waals surface area (Å²) < 4.78 is 13.4. The lowest BCUT2D eigenvalue weighted by atomic mass is 9.43. The van der Waals surface area contributed by atoms with Gasteiger partial charge in [-0.1, -0.05) is 13.8 Å². The van der Waals surface area contributed by atoms with Gasteiger partial charge in [-0.25, -0.2) is 0 Å². The molecule has 1 N–H and O–H groups in total. The van der Waals surface area contributed by atoms with Crippen molar-refractivity contribution in [2.24, 2.45) is 34.5 Å². The van der Waals surface area contributed by atoms with Gasteiger partial charge in [0, 0.05) is 45.4 Å². The molecule has 0 aromatic carbocycles. The topological polar surface area (TPSA) is 79.3 Å². The van der Waals surface area contributed by atoms with Crippen molar-refractivity contribution in [3.05, 3.63) is 0 Å². The number of likely N-dealkylation sites (tertiary alicyclic amines) is 1. The van der Waals surface area contributed by atoms with Crippen molar-refractivity contribution in [1.82, 2.24) is 9.80 Å². The van der Waals surface area contributed by atoms with Crippen LogP contribution in [-0.4, -0.2) is 109 Å². The smallest absolute Gasteiger partial charge is 0.303 e. The first-order chi connectivity index (χ1) is 19.8. The van der Waals surface area contributed by atoms with E-state index >= 15 is 0 Å². The average molecular weight is 589 g/mol. The molecule has 6 aliphatic rings. The van der Waals surface area contributed by atoms with Crippen LogP contribution in [-0.2, 0) is 19.1 Å². The molecule has 6 rings (SSSR count). The van der Waals surface area contributed by atoms with Gasteiger partial charge in [0.1, 0.15) is 17.9 Å². The summed E-state index contributed by atoms with van der Waals surface area (Å²) >= 11 is 0. The van der Waals surface area contributed by atoms with Crippen molar-refractivity contribution < 1.29 is 28.7 Å². The van der Waals surface area contributed by atoms with Crippen LogP contribution < -0.4 is 0 Å². The number of piperazine rings is 1. The summed E-state index contributed by atoms with van der Waals surface area (Å²) in [7, 11) is 4.66. The fourth-order valence-electron chi connectivity index (χ4n) is 11.5. The van der Waals surface area contributed by atoms with Crippen LogP contribution >= 0.6 is 0 Å². The molecule has 0 bridgehead atoms. The zero-order chi connectivity index (χ0) is 30.1. The molecule has 8 nitrogen and oxygen atoms in total. The van der Waals surface area contributed by atoms with Crippen LogP contribution in [0.4, 0.5) is 0 Å². The summed E-state index contributed by atoms with van der Waals surface area (Å²) in [5.74, 6) is 2.14. The second-order valence-corrected chi connectivity index (χ2v) is 16.4. The molecule has 2 heterocycles. The molecule has 2 saturated heterocycles. The number of quaternary nitrogens is 1. The summed E-state index contributed by atoms with van der Waals surface area (Å²) in [6, 6.07) is 0. The minimum atomic E-state index is -0.337. The van der Waals surface area contributed by atoms with E-state index in [4.69, 9.17) is 9.47 Å². The van der Waals surface area contributed by atoms with Crippen LogP contribution in [0.5, 0.6) is 0 Å². The third-order valence-electron chi connectivity index (χ3n) is 13.8. The molecular formula is C34H58N3O5+. The largest absolute Gasteiger partial charge is 0.462 e. The molecule has 4 saturated carbocycles. The summed E-state index contributed by atoms with van der Waals surface area (Å²) in [5, 5.41) is 10.5. The van der Waals surface area contributed by atoms with E-state index in [1.54, 1.807) is 13.8 Å². The zero-order valence-electron chi connectivity index (χ0n) is 27.3. The molecule has 6 fully saturated rings. The number of hydrogen-bond donors (Lipinski definition) is 1. The van der Waals surface area contributed by atoms with Gasteiger partial charge in [0.2, 0.25) is 0 Å². The predicted molar refractivity (Wildman–Crippen MR) is 161 cm³/mol. The van der Waals surface area contributed by atoms with Crippen LogP contribution in [0.1, 0.15) is 91.9 Å². The molecule has 238 valence electrons. The molecule has 0 aromatic heterocycles. The minimum absolute atomic E-state index is 0.0554. The van der Waals surface area contributed by atoms with Crippen molar-refractivity contribution in [2.45, 2.75) is 116 Å². The van der Waals surface area contributed by atoms with Crippen LogP contribution in [0.15, 0.2) is 0 Å². The predicted octanol–water partition coefficient (Wildman–Crippen LogP) is 4.05. The SMILES string of the molecule is CC(=O)OC1CC2CC[C@@H]3[C@@H](CC[C@]4(C)C(OC(C)=O)CC[C@@H]34)[C@@]2(C)CC1(N1CCC(O)CC1)N1CC[N+](C)(C)CC1. The van der Waals surface area contributed by atoms with Crippen molar-refractivity contribution in [3.8, 4) is 0 Å². The van der Waals surface area contributed by atoms with Crippen molar-refractivity contribution in [2.75, 3.05) is 53.4 Å². The van der Waals surface area contributed by atoms with Crippen LogP contribution in [0.2, 0.25) is 0 Å². The lowest BCUT2D eigenvalue weighted by Gasteiger charge is -2.68. The molecule has 0 aromatic rings. The molecule has 0 radical (unpaired) electrons. The van der Waals surface area contributed by atoms with E-state index in [2.05, 4.69) is 37.7 Å². The summed E-state index contributed by atoms with van der Waals surface area (Å²) in [6.07, 6.45) is 10.1. The Hall–Kier alpha value is -1.22. The molecule has 0 spiro atoms. The first kappa shape index (κ1) is 30.8. The number of likely N-dealkylation sites (N-methyl/N-ethyl adjacent to an activating group) is 1. The Morgan fingerprint density at radius 3 is 2.00 bits per heavy atom. The van der Waals surface area contributed by atoms with Gasteiger partial charge in [0.15, 0.2) is 0 Å². The van der Waals surface area contributed by atoms with Gasteiger partial charge in [-0.15, -0.1) is 0 Å². The van der Waals surface area contributed by atoms with Gasteiger partial charge in [0.05, 0.1) is 33.3 Å². The highest BCUT2D eigenvalue weighted by atomic mass is 16.5. The number of carbonyl (C=O) groups excluding carboxylic acids is 2. The second kappa shape index (κ2) is 11.0. The van der Waals surface area contributed by atoms with E-state index < -0.39 is 0 Å². The Bertz CT molecular complexity index is 1030. The maximum Gasteiger partial charge on any atom is 0.303 e. The lowest BCUT2D eigenvalue weighted by molar-refractivity contribution is -0.895. The van der Waals surface area contributed by atoms with E-state index in [9.17, 15) is 14.7 Å². The van der Waals surface area contributed by atoms with E-state index in [1.165, 1.54) is 25.7 Å².